The molecule has 0 fully saturated rings. The minimum absolute atomic E-state index is 0.131. The zero-order chi connectivity index (χ0) is 16.5. The summed E-state index contributed by atoms with van der Waals surface area (Å²) in [5, 5.41) is 0. The van der Waals surface area contributed by atoms with E-state index in [1.54, 1.807) is 13.8 Å². The van der Waals surface area contributed by atoms with E-state index in [0.717, 1.165) is 0 Å². The predicted molar refractivity (Wildman–Crippen MR) is 77.7 cm³/mol. The average molecular weight is 309 g/mol. The van der Waals surface area contributed by atoms with Gasteiger partial charge in [-0.2, -0.15) is 0 Å². The van der Waals surface area contributed by atoms with Gasteiger partial charge in [0.2, 0.25) is 0 Å². The first-order valence-corrected chi connectivity index (χ1v) is 6.83. The number of ether oxygens (including phenoxy) is 3. The molecule has 0 heterocycles. The van der Waals surface area contributed by atoms with Gasteiger partial charge in [0.05, 0.1) is 13.2 Å². The van der Waals surface area contributed by atoms with Crippen LogP contribution in [0.15, 0.2) is 24.3 Å². The Balaban J connectivity index is 2.63. The summed E-state index contributed by atoms with van der Waals surface area (Å²) in [6, 6.07) is 5.95. The topological polar surface area (TPSA) is 82.1 Å². The van der Waals surface area contributed by atoms with Crippen molar-refractivity contribution < 1.29 is 28.6 Å². The molecule has 22 heavy (non-hydrogen) atoms. The molecule has 0 unspecified atom stereocenters. The molecule has 0 radical (unpaired) electrons. The predicted octanol–water partition coefficient (Wildman–Crippen LogP) is 1.86. The Morgan fingerprint density at radius 1 is 1.00 bits per heavy atom. The Labute approximate surface area is 128 Å². The summed E-state index contributed by atoms with van der Waals surface area (Å²) in [5.74, 6) is -0.542. The van der Waals surface area contributed by atoms with Crippen molar-refractivity contribution >= 4 is 18.0 Å². The van der Waals surface area contributed by atoms with E-state index in [-0.39, 0.29) is 31.4 Å². The van der Waals surface area contributed by atoms with E-state index in [2.05, 4.69) is 4.74 Å². The van der Waals surface area contributed by atoms with Gasteiger partial charge in [-0.25, -0.2) is 4.79 Å². The van der Waals surface area contributed by atoms with Crippen LogP contribution in [0.3, 0.4) is 0 Å². The fraction of sp³-hybridized carbons (Fsp3) is 0.400. The van der Waals surface area contributed by atoms with Crippen molar-refractivity contribution in [2.24, 2.45) is 0 Å². The summed E-state index contributed by atoms with van der Waals surface area (Å²) in [5.41, 5.74) is 0.364. The zero-order valence-corrected chi connectivity index (χ0v) is 12.8. The Morgan fingerprint density at radius 2 is 1.59 bits per heavy atom. The van der Waals surface area contributed by atoms with Crippen molar-refractivity contribution in [1.29, 1.82) is 0 Å². The van der Waals surface area contributed by atoms with E-state index in [0.29, 0.717) is 5.56 Å². The van der Waals surface area contributed by atoms with E-state index >= 15 is 0 Å². The van der Waals surface area contributed by atoms with Crippen molar-refractivity contribution in [2.75, 3.05) is 26.8 Å². The summed E-state index contributed by atoms with van der Waals surface area (Å²) in [6.45, 7) is 3.72. The molecule has 0 saturated carbocycles. The number of nitrogens with zero attached hydrogens (tertiary/aromatic N) is 1. The smallest absolute Gasteiger partial charge is 0.465 e. The lowest BCUT2D eigenvalue weighted by Gasteiger charge is -2.16. The minimum Gasteiger partial charge on any atom is -0.465 e. The number of hydrogen-bond acceptors (Lipinski definition) is 6. The van der Waals surface area contributed by atoms with Crippen molar-refractivity contribution in [3.05, 3.63) is 29.8 Å². The molecule has 0 saturated heterocycles. The number of benzene rings is 1. The number of rotatable bonds is 6. The summed E-state index contributed by atoms with van der Waals surface area (Å²) >= 11 is 0. The molecule has 120 valence electrons. The number of carbonyl (C=O) groups excluding carboxylic acids is 3. The SMILES string of the molecule is CCOC(=O)CN(C)C(=O)c1ccc(OC(=O)OCC)cc1. The molecule has 7 heteroatoms. The molecule has 0 aliphatic carbocycles. The molecular weight excluding hydrogens is 290 g/mol. The van der Waals surface area contributed by atoms with Crippen LogP contribution in [0.4, 0.5) is 4.79 Å². The maximum atomic E-state index is 12.1. The van der Waals surface area contributed by atoms with Crippen LogP contribution in [0.1, 0.15) is 24.2 Å². The zero-order valence-electron chi connectivity index (χ0n) is 12.8. The maximum absolute atomic E-state index is 12.1. The van der Waals surface area contributed by atoms with Crippen LogP contribution in [0.5, 0.6) is 5.75 Å². The lowest BCUT2D eigenvalue weighted by molar-refractivity contribution is -0.143. The Morgan fingerprint density at radius 3 is 2.14 bits per heavy atom. The number of amides is 1. The Bertz CT molecular complexity index is 525. The van der Waals surface area contributed by atoms with Crippen molar-refractivity contribution in [3.8, 4) is 5.75 Å². The molecule has 0 bridgehead atoms. The number of hydrogen-bond donors (Lipinski definition) is 0. The lowest BCUT2D eigenvalue weighted by Crippen LogP contribution is -2.33. The maximum Gasteiger partial charge on any atom is 0.513 e. The second kappa shape index (κ2) is 8.66. The average Bonchev–Trinajstić information content (AvgIpc) is 2.47. The quantitative estimate of drug-likeness (QED) is 0.589. The van der Waals surface area contributed by atoms with Crippen molar-refractivity contribution in [3.63, 3.8) is 0 Å². The van der Waals surface area contributed by atoms with Crippen molar-refractivity contribution in [1.82, 2.24) is 4.90 Å². The van der Waals surface area contributed by atoms with E-state index in [9.17, 15) is 14.4 Å². The first-order valence-electron chi connectivity index (χ1n) is 6.83. The van der Waals surface area contributed by atoms with Gasteiger partial charge in [-0.15, -0.1) is 0 Å². The molecule has 1 aromatic rings. The van der Waals surface area contributed by atoms with Crippen LogP contribution in [-0.2, 0) is 14.3 Å². The monoisotopic (exact) mass is 309 g/mol. The Hall–Kier alpha value is -2.57. The molecule has 0 aliphatic rings. The highest BCUT2D eigenvalue weighted by atomic mass is 16.7. The summed E-state index contributed by atoms with van der Waals surface area (Å²) in [4.78, 5) is 35.8. The molecule has 0 aromatic heterocycles. The van der Waals surface area contributed by atoms with Gasteiger partial charge in [0.1, 0.15) is 12.3 Å². The fourth-order valence-electron chi connectivity index (χ4n) is 1.60. The van der Waals surface area contributed by atoms with E-state index in [1.165, 1.54) is 36.2 Å². The third-order valence-electron chi connectivity index (χ3n) is 2.58. The van der Waals surface area contributed by atoms with Gasteiger partial charge in [0.15, 0.2) is 0 Å². The number of likely N-dealkylation sites (N-methyl/N-ethyl adjacent to an activating group) is 1. The molecule has 0 aliphatic heterocycles. The van der Waals surface area contributed by atoms with Crippen LogP contribution in [0.2, 0.25) is 0 Å². The normalized spacial score (nSPS) is 9.77. The molecule has 0 atom stereocenters. The van der Waals surface area contributed by atoms with Gasteiger partial charge in [-0.1, -0.05) is 0 Å². The molecule has 1 amide bonds. The molecule has 1 rings (SSSR count). The van der Waals surface area contributed by atoms with Crippen LogP contribution < -0.4 is 4.74 Å². The second-order valence-electron chi connectivity index (χ2n) is 4.28. The molecular formula is C15H19NO6. The first kappa shape index (κ1) is 17.5. The molecule has 0 spiro atoms. The Kier molecular flexibility index (Phi) is 6.88. The minimum atomic E-state index is -0.805. The third-order valence-corrected chi connectivity index (χ3v) is 2.58. The first-order chi connectivity index (χ1) is 10.5. The number of carbonyl (C=O) groups is 3. The molecule has 0 N–H and O–H groups in total. The van der Waals surface area contributed by atoms with Crippen molar-refractivity contribution in [2.45, 2.75) is 13.8 Å². The van der Waals surface area contributed by atoms with Gasteiger partial charge >= 0.3 is 12.1 Å². The molecule has 7 nitrogen and oxygen atoms in total. The van der Waals surface area contributed by atoms with Gasteiger partial charge in [0, 0.05) is 12.6 Å². The fourth-order valence-corrected chi connectivity index (χ4v) is 1.60. The van der Waals surface area contributed by atoms with E-state index in [4.69, 9.17) is 9.47 Å². The van der Waals surface area contributed by atoms with Gasteiger partial charge < -0.3 is 19.1 Å². The second-order valence-corrected chi connectivity index (χ2v) is 4.28. The van der Waals surface area contributed by atoms with Gasteiger partial charge in [-0.05, 0) is 38.1 Å². The van der Waals surface area contributed by atoms with Crippen LogP contribution in [-0.4, -0.2) is 49.7 Å². The lowest BCUT2D eigenvalue weighted by atomic mass is 10.2. The van der Waals surface area contributed by atoms with Crippen LogP contribution in [0.25, 0.3) is 0 Å². The summed E-state index contributed by atoms with van der Waals surface area (Å²) in [6.07, 6.45) is -0.805. The van der Waals surface area contributed by atoms with E-state index < -0.39 is 12.1 Å². The largest absolute Gasteiger partial charge is 0.513 e. The summed E-state index contributed by atoms with van der Waals surface area (Å²) in [7, 11) is 1.50. The highest BCUT2D eigenvalue weighted by Crippen LogP contribution is 2.14. The molecule has 1 aromatic carbocycles. The highest BCUT2D eigenvalue weighted by Gasteiger charge is 2.16. The van der Waals surface area contributed by atoms with Crippen LogP contribution >= 0.6 is 0 Å². The summed E-state index contributed by atoms with van der Waals surface area (Å²) < 4.78 is 14.3. The van der Waals surface area contributed by atoms with Crippen LogP contribution in [0, 0.1) is 0 Å². The number of esters is 1. The van der Waals surface area contributed by atoms with Gasteiger partial charge in [0.25, 0.3) is 5.91 Å². The van der Waals surface area contributed by atoms with Gasteiger partial charge in [-0.3, -0.25) is 9.59 Å². The van der Waals surface area contributed by atoms with E-state index in [1.807, 2.05) is 0 Å². The standard InChI is InChI=1S/C15H19NO6/c1-4-20-13(17)10-16(3)14(18)11-6-8-12(9-7-11)22-15(19)21-5-2/h6-9H,4-5,10H2,1-3H3. The third kappa shape index (κ3) is 5.43. The highest BCUT2D eigenvalue weighted by molar-refractivity contribution is 5.95.